The number of nitrogens with zero attached hydrogens (tertiary/aromatic N) is 1. The van der Waals surface area contributed by atoms with Crippen molar-refractivity contribution >= 4 is 22.8 Å². The average Bonchev–Trinajstić information content (AvgIpc) is 3.00. The van der Waals surface area contributed by atoms with Crippen molar-refractivity contribution in [2.24, 2.45) is 0 Å². The summed E-state index contributed by atoms with van der Waals surface area (Å²) in [5.74, 6) is -0.401. The minimum Gasteiger partial charge on any atom is -0.408 e. The number of amides is 2. The normalized spacial score (nSPS) is 16.1. The molecule has 0 radical (unpaired) electrons. The highest BCUT2D eigenvalue weighted by Crippen LogP contribution is 2.26. The maximum absolute atomic E-state index is 12.3. The summed E-state index contributed by atoms with van der Waals surface area (Å²) in [5.41, 5.74) is 4.09. The molecular formula is C20H21N3O4. The number of oxazole rings is 1. The average molecular weight is 367 g/mol. The Morgan fingerprint density at radius 1 is 1.26 bits per heavy atom. The Hall–Kier alpha value is -3.06. The quantitative estimate of drug-likeness (QED) is 0.742. The van der Waals surface area contributed by atoms with Gasteiger partial charge in [-0.1, -0.05) is 24.3 Å². The lowest BCUT2D eigenvalue weighted by Crippen LogP contribution is -2.34. The molecule has 2 heterocycles. The van der Waals surface area contributed by atoms with Gasteiger partial charge in [0.05, 0.1) is 12.1 Å². The zero-order chi connectivity index (χ0) is 18.8. The van der Waals surface area contributed by atoms with Crippen LogP contribution in [0.15, 0.2) is 51.7 Å². The Balaban J connectivity index is 1.42. The number of benzene rings is 2. The van der Waals surface area contributed by atoms with E-state index in [0.717, 1.165) is 12.0 Å². The first-order valence-corrected chi connectivity index (χ1v) is 9.03. The van der Waals surface area contributed by atoms with Crippen molar-refractivity contribution < 1.29 is 13.9 Å². The van der Waals surface area contributed by atoms with Gasteiger partial charge in [0, 0.05) is 24.8 Å². The standard InChI is InChI=1S/C20H21N3O4/c1-2-23-16-8-7-14(11-17(16)27-20(23)25)22-19(24)21-12-18-15-6-4-3-5-13(15)9-10-26-18/h3-8,11,18H,2,9-10,12H2,1H3,(H2,21,22,24)/t18-/m1/s1. The second kappa shape index (κ2) is 7.28. The maximum Gasteiger partial charge on any atom is 0.419 e. The Labute approximate surface area is 155 Å². The van der Waals surface area contributed by atoms with Crippen molar-refractivity contribution in [2.75, 3.05) is 18.5 Å². The fourth-order valence-corrected chi connectivity index (χ4v) is 3.45. The molecule has 0 aliphatic carbocycles. The topological polar surface area (TPSA) is 85.5 Å². The highest BCUT2D eigenvalue weighted by molar-refractivity contribution is 5.91. The van der Waals surface area contributed by atoms with Crippen molar-refractivity contribution in [1.82, 2.24) is 9.88 Å². The molecular weight excluding hydrogens is 346 g/mol. The number of hydrogen-bond acceptors (Lipinski definition) is 4. The van der Waals surface area contributed by atoms with Crippen LogP contribution in [0.5, 0.6) is 0 Å². The monoisotopic (exact) mass is 367 g/mol. The molecule has 1 aliphatic rings. The highest BCUT2D eigenvalue weighted by atomic mass is 16.5. The summed E-state index contributed by atoms with van der Waals surface area (Å²) in [6, 6.07) is 12.9. The van der Waals surface area contributed by atoms with Crippen LogP contribution in [0, 0.1) is 0 Å². The van der Waals surface area contributed by atoms with Gasteiger partial charge in [0.2, 0.25) is 0 Å². The van der Waals surface area contributed by atoms with E-state index >= 15 is 0 Å². The number of carbonyl (C=O) groups excluding carboxylic acids is 1. The van der Waals surface area contributed by atoms with Crippen LogP contribution in [0.25, 0.3) is 11.1 Å². The number of fused-ring (bicyclic) bond motifs is 2. The van der Waals surface area contributed by atoms with E-state index in [9.17, 15) is 9.59 Å². The van der Waals surface area contributed by atoms with E-state index in [1.54, 1.807) is 18.2 Å². The summed E-state index contributed by atoms with van der Waals surface area (Å²) in [5, 5.41) is 5.61. The van der Waals surface area contributed by atoms with Gasteiger partial charge in [-0.05, 0) is 36.6 Å². The molecule has 0 spiro atoms. The van der Waals surface area contributed by atoms with Gasteiger partial charge in [-0.15, -0.1) is 0 Å². The highest BCUT2D eigenvalue weighted by Gasteiger charge is 2.21. The number of carbonyl (C=O) groups is 1. The van der Waals surface area contributed by atoms with E-state index in [0.29, 0.717) is 36.5 Å². The lowest BCUT2D eigenvalue weighted by Gasteiger charge is -2.26. The largest absolute Gasteiger partial charge is 0.419 e. The van der Waals surface area contributed by atoms with Gasteiger partial charge in [0.1, 0.15) is 6.10 Å². The van der Waals surface area contributed by atoms with Gasteiger partial charge in [0.15, 0.2) is 5.58 Å². The molecule has 2 N–H and O–H groups in total. The molecule has 140 valence electrons. The summed E-state index contributed by atoms with van der Waals surface area (Å²) in [6.45, 7) is 3.44. The lowest BCUT2D eigenvalue weighted by molar-refractivity contribution is 0.0444. The summed E-state index contributed by atoms with van der Waals surface area (Å²) in [4.78, 5) is 24.0. The molecule has 1 aromatic heterocycles. The first-order valence-electron chi connectivity index (χ1n) is 9.03. The molecule has 0 bridgehead atoms. The Bertz CT molecular complexity index is 1040. The molecule has 0 unspecified atom stereocenters. The lowest BCUT2D eigenvalue weighted by atomic mass is 9.98. The van der Waals surface area contributed by atoms with Gasteiger partial charge >= 0.3 is 11.8 Å². The first kappa shape index (κ1) is 17.4. The minimum atomic E-state index is -0.401. The van der Waals surface area contributed by atoms with E-state index in [4.69, 9.17) is 9.15 Å². The van der Waals surface area contributed by atoms with Gasteiger partial charge in [0.25, 0.3) is 0 Å². The zero-order valence-electron chi connectivity index (χ0n) is 15.0. The van der Waals surface area contributed by atoms with Crippen LogP contribution in [-0.2, 0) is 17.7 Å². The molecule has 3 aromatic rings. The Morgan fingerprint density at radius 3 is 2.96 bits per heavy atom. The SMILES string of the molecule is CCn1c(=O)oc2cc(NC(=O)NC[C@H]3OCCc4ccccc43)ccc21. The molecule has 1 atom stereocenters. The van der Waals surface area contributed by atoms with Crippen LogP contribution >= 0.6 is 0 Å². The number of ether oxygens (including phenoxy) is 1. The number of aryl methyl sites for hydroxylation is 1. The molecule has 27 heavy (non-hydrogen) atoms. The smallest absolute Gasteiger partial charge is 0.408 e. The van der Waals surface area contributed by atoms with Crippen molar-refractivity contribution in [1.29, 1.82) is 0 Å². The summed E-state index contributed by atoms with van der Waals surface area (Å²) < 4.78 is 12.6. The zero-order valence-corrected chi connectivity index (χ0v) is 15.0. The van der Waals surface area contributed by atoms with Gasteiger partial charge < -0.3 is 19.8 Å². The van der Waals surface area contributed by atoms with Crippen molar-refractivity contribution in [3.05, 3.63) is 64.1 Å². The van der Waals surface area contributed by atoms with Crippen LogP contribution in [0.4, 0.5) is 10.5 Å². The number of aromatic nitrogens is 1. The number of urea groups is 1. The molecule has 0 saturated heterocycles. The van der Waals surface area contributed by atoms with E-state index in [1.807, 2.05) is 25.1 Å². The van der Waals surface area contributed by atoms with Crippen molar-refractivity contribution in [3.8, 4) is 0 Å². The molecule has 0 fully saturated rings. The van der Waals surface area contributed by atoms with E-state index < -0.39 is 5.76 Å². The van der Waals surface area contributed by atoms with Crippen LogP contribution in [0.1, 0.15) is 24.2 Å². The number of rotatable bonds is 4. The van der Waals surface area contributed by atoms with E-state index in [-0.39, 0.29) is 12.1 Å². The molecule has 0 saturated carbocycles. The summed E-state index contributed by atoms with van der Waals surface area (Å²) in [7, 11) is 0. The first-order chi connectivity index (χ1) is 13.2. The number of hydrogen-bond donors (Lipinski definition) is 2. The van der Waals surface area contributed by atoms with Gasteiger partial charge in [-0.3, -0.25) is 4.57 Å². The van der Waals surface area contributed by atoms with Crippen molar-refractivity contribution in [3.63, 3.8) is 0 Å². The summed E-state index contributed by atoms with van der Waals surface area (Å²) in [6.07, 6.45) is 0.737. The fraction of sp³-hybridized carbons (Fsp3) is 0.300. The van der Waals surface area contributed by atoms with E-state index in [2.05, 4.69) is 16.7 Å². The molecule has 2 aromatic carbocycles. The van der Waals surface area contributed by atoms with Crippen LogP contribution < -0.4 is 16.4 Å². The van der Waals surface area contributed by atoms with Crippen LogP contribution in [0.3, 0.4) is 0 Å². The summed E-state index contributed by atoms with van der Waals surface area (Å²) >= 11 is 0. The molecule has 1 aliphatic heterocycles. The molecule has 7 nitrogen and oxygen atoms in total. The predicted molar refractivity (Wildman–Crippen MR) is 102 cm³/mol. The molecule has 7 heteroatoms. The Kier molecular flexibility index (Phi) is 4.68. The maximum atomic E-state index is 12.3. The molecule has 2 amide bonds. The number of nitrogens with one attached hydrogen (secondary N) is 2. The Morgan fingerprint density at radius 2 is 2.11 bits per heavy atom. The van der Waals surface area contributed by atoms with Gasteiger partial charge in [-0.25, -0.2) is 9.59 Å². The van der Waals surface area contributed by atoms with Crippen LogP contribution in [0.2, 0.25) is 0 Å². The van der Waals surface area contributed by atoms with E-state index in [1.165, 1.54) is 10.1 Å². The van der Waals surface area contributed by atoms with Crippen molar-refractivity contribution in [2.45, 2.75) is 26.0 Å². The predicted octanol–water partition coefficient (Wildman–Crippen LogP) is 3.05. The van der Waals surface area contributed by atoms with Crippen LogP contribution in [-0.4, -0.2) is 23.7 Å². The number of anilines is 1. The fourth-order valence-electron chi connectivity index (χ4n) is 3.45. The third-order valence-electron chi connectivity index (χ3n) is 4.78. The second-order valence-electron chi connectivity index (χ2n) is 6.44. The van der Waals surface area contributed by atoms with Gasteiger partial charge in [-0.2, -0.15) is 0 Å². The molecule has 4 rings (SSSR count). The minimum absolute atomic E-state index is 0.153. The third kappa shape index (κ3) is 3.46. The second-order valence-corrected chi connectivity index (χ2v) is 6.44. The third-order valence-corrected chi connectivity index (χ3v) is 4.78.